The van der Waals surface area contributed by atoms with Crippen molar-refractivity contribution in [3.63, 3.8) is 0 Å². The summed E-state index contributed by atoms with van der Waals surface area (Å²) < 4.78 is 11.3. The first-order valence-corrected chi connectivity index (χ1v) is 8.37. The van der Waals surface area contributed by atoms with E-state index in [2.05, 4.69) is 21.2 Å². The number of ether oxygens (including phenoxy) is 2. The van der Waals surface area contributed by atoms with Crippen LogP contribution in [0.15, 0.2) is 16.6 Å². The molecule has 2 rings (SSSR count). The molecule has 1 atom stereocenters. The fourth-order valence-electron chi connectivity index (χ4n) is 2.20. The minimum absolute atomic E-state index is 0.0882. The van der Waals surface area contributed by atoms with Crippen molar-refractivity contribution in [1.29, 1.82) is 0 Å². The molecule has 0 saturated carbocycles. The molecule has 1 aliphatic heterocycles. The van der Waals surface area contributed by atoms with Crippen LogP contribution >= 0.6 is 27.7 Å². The van der Waals surface area contributed by atoms with E-state index in [4.69, 9.17) is 9.47 Å². The second-order valence-corrected chi connectivity index (χ2v) is 6.46. The molecule has 1 fully saturated rings. The Morgan fingerprint density at radius 1 is 1.45 bits per heavy atom. The molecule has 110 valence electrons. The van der Waals surface area contributed by atoms with E-state index in [1.54, 1.807) is 26.4 Å². The predicted octanol–water partition coefficient (Wildman–Crippen LogP) is 2.74. The van der Waals surface area contributed by atoms with Crippen LogP contribution in [0.1, 0.15) is 16.8 Å². The number of thioether (sulfide) groups is 1. The number of methoxy groups -OCH3 is 2. The number of carbonyl (C=O) groups excluding carboxylic acids is 1. The van der Waals surface area contributed by atoms with Crippen LogP contribution < -0.4 is 14.8 Å². The lowest BCUT2D eigenvalue weighted by molar-refractivity contribution is 0.0969. The van der Waals surface area contributed by atoms with Gasteiger partial charge in [0.15, 0.2) is 5.78 Å². The Labute approximate surface area is 131 Å². The molecule has 1 unspecified atom stereocenters. The van der Waals surface area contributed by atoms with Crippen LogP contribution in [0, 0.1) is 0 Å². The molecule has 0 bridgehead atoms. The van der Waals surface area contributed by atoms with E-state index in [-0.39, 0.29) is 11.8 Å². The van der Waals surface area contributed by atoms with Gasteiger partial charge in [0.05, 0.1) is 19.8 Å². The van der Waals surface area contributed by atoms with Gasteiger partial charge in [-0.2, -0.15) is 11.8 Å². The summed E-state index contributed by atoms with van der Waals surface area (Å²) >= 11 is 5.31. The first kappa shape index (κ1) is 15.7. The number of Topliss-reactive ketones (excluding diaryl/α,β-unsaturated/α-hetero) is 1. The molecule has 1 saturated heterocycles. The van der Waals surface area contributed by atoms with Gasteiger partial charge in [0.1, 0.15) is 16.0 Å². The molecular formula is C14H18BrNO3S. The third-order valence-electron chi connectivity index (χ3n) is 3.22. The molecule has 1 N–H and O–H groups in total. The molecule has 6 heteroatoms. The highest BCUT2D eigenvalue weighted by molar-refractivity contribution is 9.10. The molecular weight excluding hydrogens is 342 g/mol. The van der Waals surface area contributed by atoms with Gasteiger partial charge in [-0.15, -0.1) is 0 Å². The molecule has 1 aromatic rings. The third-order valence-corrected chi connectivity index (χ3v) is 5.10. The van der Waals surface area contributed by atoms with Gasteiger partial charge in [0.2, 0.25) is 0 Å². The summed E-state index contributed by atoms with van der Waals surface area (Å²) in [5.41, 5.74) is 0.595. The Kier molecular flexibility index (Phi) is 5.74. The van der Waals surface area contributed by atoms with E-state index >= 15 is 0 Å². The number of hydrogen-bond donors (Lipinski definition) is 1. The smallest absolute Gasteiger partial charge is 0.168 e. The van der Waals surface area contributed by atoms with Crippen LogP contribution in [0.4, 0.5) is 0 Å². The van der Waals surface area contributed by atoms with Gasteiger partial charge in [-0.3, -0.25) is 4.79 Å². The largest absolute Gasteiger partial charge is 0.495 e. The van der Waals surface area contributed by atoms with E-state index in [0.717, 1.165) is 18.1 Å². The van der Waals surface area contributed by atoms with Crippen LogP contribution in [0.5, 0.6) is 11.5 Å². The molecule has 1 aromatic carbocycles. The quantitative estimate of drug-likeness (QED) is 0.819. The molecule has 20 heavy (non-hydrogen) atoms. The van der Waals surface area contributed by atoms with Crippen molar-refractivity contribution in [1.82, 2.24) is 5.32 Å². The van der Waals surface area contributed by atoms with Gasteiger partial charge in [-0.25, -0.2) is 0 Å². The van der Waals surface area contributed by atoms with Crippen LogP contribution in [-0.4, -0.2) is 44.1 Å². The van der Waals surface area contributed by atoms with E-state index in [0.29, 0.717) is 28.0 Å². The minimum atomic E-state index is 0.0882. The lowest BCUT2D eigenvalue weighted by Gasteiger charge is -2.23. The molecule has 4 nitrogen and oxygen atoms in total. The molecule has 0 aliphatic carbocycles. The first-order valence-electron chi connectivity index (χ1n) is 6.42. The SMILES string of the molecule is COc1ccc(C(=O)CC2CSCCN2)c(OC)c1Br. The summed E-state index contributed by atoms with van der Waals surface area (Å²) in [6.07, 6.45) is 0.488. The zero-order valence-electron chi connectivity index (χ0n) is 11.6. The lowest BCUT2D eigenvalue weighted by atomic mass is 10.0. The maximum atomic E-state index is 12.5. The summed E-state index contributed by atoms with van der Waals surface area (Å²) in [5.74, 6) is 3.38. The molecule has 1 heterocycles. The van der Waals surface area contributed by atoms with Crippen LogP contribution in [0.3, 0.4) is 0 Å². The topological polar surface area (TPSA) is 47.6 Å². The Morgan fingerprint density at radius 2 is 2.25 bits per heavy atom. The van der Waals surface area contributed by atoms with Gasteiger partial charge in [0, 0.05) is 30.5 Å². The number of halogens is 1. The number of carbonyl (C=O) groups is 1. The molecule has 0 spiro atoms. The third kappa shape index (κ3) is 3.48. The zero-order chi connectivity index (χ0) is 14.5. The highest BCUT2D eigenvalue weighted by Crippen LogP contribution is 2.37. The fraction of sp³-hybridized carbons (Fsp3) is 0.500. The Bertz CT molecular complexity index is 490. The Balaban J connectivity index is 2.18. The van der Waals surface area contributed by atoms with E-state index in [9.17, 15) is 4.79 Å². The summed E-state index contributed by atoms with van der Waals surface area (Å²) in [5, 5.41) is 3.38. The van der Waals surface area contributed by atoms with Crippen molar-refractivity contribution in [3.05, 3.63) is 22.2 Å². The molecule has 1 aliphatic rings. The molecule has 0 aromatic heterocycles. The maximum Gasteiger partial charge on any atom is 0.168 e. The fourth-order valence-corrected chi connectivity index (χ4v) is 3.82. The average Bonchev–Trinajstić information content (AvgIpc) is 2.47. The van der Waals surface area contributed by atoms with Crippen LogP contribution in [0.25, 0.3) is 0 Å². The van der Waals surface area contributed by atoms with Gasteiger partial charge in [-0.05, 0) is 28.1 Å². The number of ketones is 1. The zero-order valence-corrected chi connectivity index (χ0v) is 14.0. The first-order chi connectivity index (χ1) is 9.67. The summed E-state index contributed by atoms with van der Waals surface area (Å²) in [6.45, 7) is 0.964. The summed E-state index contributed by atoms with van der Waals surface area (Å²) in [6, 6.07) is 3.79. The van der Waals surface area contributed by atoms with E-state index < -0.39 is 0 Å². The summed E-state index contributed by atoms with van der Waals surface area (Å²) in [4.78, 5) is 12.5. The average molecular weight is 360 g/mol. The second-order valence-electron chi connectivity index (χ2n) is 4.52. The van der Waals surface area contributed by atoms with Crippen molar-refractivity contribution in [3.8, 4) is 11.5 Å². The molecule has 0 amide bonds. The van der Waals surface area contributed by atoms with Crippen molar-refractivity contribution >= 4 is 33.5 Å². The van der Waals surface area contributed by atoms with E-state index in [1.165, 1.54) is 0 Å². The van der Waals surface area contributed by atoms with Crippen molar-refractivity contribution < 1.29 is 14.3 Å². The lowest BCUT2D eigenvalue weighted by Crippen LogP contribution is -2.38. The molecule has 0 radical (unpaired) electrons. The highest BCUT2D eigenvalue weighted by Gasteiger charge is 2.22. The van der Waals surface area contributed by atoms with Gasteiger partial charge in [-0.1, -0.05) is 0 Å². The number of rotatable bonds is 5. The van der Waals surface area contributed by atoms with Gasteiger partial charge >= 0.3 is 0 Å². The van der Waals surface area contributed by atoms with Crippen molar-refractivity contribution in [2.24, 2.45) is 0 Å². The Hall–Kier alpha value is -0.720. The van der Waals surface area contributed by atoms with Crippen LogP contribution in [-0.2, 0) is 0 Å². The number of nitrogens with one attached hydrogen (secondary N) is 1. The maximum absolute atomic E-state index is 12.5. The van der Waals surface area contributed by atoms with Crippen LogP contribution in [0.2, 0.25) is 0 Å². The Morgan fingerprint density at radius 3 is 2.85 bits per heavy atom. The number of hydrogen-bond acceptors (Lipinski definition) is 5. The van der Waals surface area contributed by atoms with Crippen molar-refractivity contribution in [2.75, 3.05) is 32.3 Å². The number of benzene rings is 1. The predicted molar refractivity (Wildman–Crippen MR) is 85.3 cm³/mol. The second kappa shape index (κ2) is 7.33. The van der Waals surface area contributed by atoms with Gasteiger partial charge < -0.3 is 14.8 Å². The standard InChI is InChI=1S/C14H18BrNO3S/c1-18-12-4-3-10(14(19-2)13(12)15)11(17)7-9-8-20-6-5-16-9/h3-4,9,16H,5-8H2,1-2H3. The van der Waals surface area contributed by atoms with Crippen molar-refractivity contribution in [2.45, 2.75) is 12.5 Å². The monoisotopic (exact) mass is 359 g/mol. The van der Waals surface area contributed by atoms with E-state index in [1.807, 2.05) is 11.8 Å². The minimum Gasteiger partial charge on any atom is -0.495 e. The highest BCUT2D eigenvalue weighted by atomic mass is 79.9. The van der Waals surface area contributed by atoms with Gasteiger partial charge in [0.25, 0.3) is 0 Å². The summed E-state index contributed by atoms with van der Waals surface area (Å²) in [7, 11) is 3.15. The normalized spacial score (nSPS) is 18.6.